The molecule has 1 aromatic rings. The van der Waals surface area contributed by atoms with Crippen LogP contribution in [0.25, 0.3) is 0 Å². The molecule has 0 aromatic heterocycles. The minimum Gasteiger partial charge on any atom is -0.326 e. The summed E-state index contributed by atoms with van der Waals surface area (Å²) in [5, 5.41) is 0. The Kier molecular flexibility index (Phi) is 2.91. The highest BCUT2D eigenvalue weighted by Crippen LogP contribution is 2.30. The van der Waals surface area contributed by atoms with Gasteiger partial charge < -0.3 is 5.73 Å². The van der Waals surface area contributed by atoms with Crippen molar-refractivity contribution in [3.05, 3.63) is 34.3 Å². The molecule has 2 unspecified atom stereocenters. The number of hydrogen-bond donors (Lipinski definition) is 1. The van der Waals surface area contributed by atoms with Gasteiger partial charge in [0.15, 0.2) is 0 Å². The fraction of sp³-hybridized carbons (Fsp3) is 0.455. The predicted molar refractivity (Wildman–Crippen MR) is 62.1 cm³/mol. The lowest BCUT2D eigenvalue weighted by atomic mass is 10.0. The number of nitrogens with two attached hydrogens (primary N) is 1. The van der Waals surface area contributed by atoms with Crippen molar-refractivity contribution in [2.45, 2.75) is 18.5 Å². The molecule has 2 N–H and O–H groups in total. The summed E-state index contributed by atoms with van der Waals surface area (Å²) in [6.45, 7) is 0.997. The number of rotatable bonds is 1. The Hall–Kier alpha value is -0.380. The molecule has 0 radical (unpaired) electrons. The second-order valence-corrected chi connectivity index (χ2v) is 4.92. The lowest BCUT2D eigenvalue weighted by Crippen LogP contribution is -2.24. The van der Waals surface area contributed by atoms with Gasteiger partial charge in [-0.15, -0.1) is 0 Å². The number of benzene rings is 1. The van der Waals surface area contributed by atoms with Crippen molar-refractivity contribution in [3.63, 3.8) is 0 Å². The normalized spacial score (nSPS) is 28.2. The Morgan fingerprint density at radius 2 is 2.29 bits per heavy atom. The van der Waals surface area contributed by atoms with Crippen LogP contribution in [-0.2, 0) is 0 Å². The summed E-state index contributed by atoms with van der Waals surface area (Å²) in [6, 6.07) is 9.30. The Balaban J connectivity index is 2.23. The molecule has 3 heteroatoms. The molecule has 1 saturated heterocycles. The largest absolute Gasteiger partial charge is 0.326 e. The van der Waals surface area contributed by atoms with Crippen molar-refractivity contribution in [2.24, 2.45) is 5.73 Å². The second-order valence-electron chi connectivity index (χ2n) is 4.01. The first kappa shape index (κ1) is 10.1. The summed E-state index contributed by atoms with van der Waals surface area (Å²) in [4.78, 5) is 2.33. The summed E-state index contributed by atoms with van der Waals surface area (Å²) in [7, 11) is 2.14. The van der Waals surface area contributed by atoms with Crippen molar-refractivity contribution >= 4 is 15.9 Å². The molecule has 0 amide bonds. The van der Waals surface area contributed by atoms with Crippen molar-refractivity contribution in [2.75, 3.05) is 13.6 Å². The first-order valence-electron chi connectivity index (χ1n) is 4.88. The summed E-state index contributed by atoms with van der Waals surface area (Å²) in [6.07, 6.45) is 1.06. The van der Waals surface area contributed by atoms with E-state index in [-0.39, 0.29) is 0 Å². The van der Waals surface area contributed by atoms with Crippen LogP contribution in [0.2, 0.25) is 0 Å². The van der Waals surface area contributed by atoms with E-state index in [1.54, 1.807) is 0 Å². The van der Waals surface area contributed by atoms with Crippen molar-refractivity contribution in [3.8, 4) is 0 Å². The monoisotopic (exact) mass is 254 g/mol. The molecule has 0 aliphatic carbocycles. The van der Waals surface area contributed by atoms with E-state index in [1.165, 1.54) is 5.56 Å². The molecule has 1 heterocycles. The molecular weight excluding hydrogens is 240 g/mol. The highest BCUT2D eigenvalue weighted by atomic mass is 79.9. The highest BCUT2D eigenvalue weighted by molar-refractivity contribution is 9.10. The Morgan fingerprint density at radius 3 is 2.86 bits per heavy atom. The molecule has 2 atom stereocenters. The van der Waals surface area contributed by atoms with Gasteiger partial charge in [0.05, 0.1) is 0 Å². The first-order chi connectivity index (χ1) is 6.66. The van der Waals surface area contributed by atoms with E-state index in [9.17, 15) is 0 Å². The topological polar surface area (TPSA) is 29.3 Å². The van der Waals surface area contributed by atoms with Crippen molar-refractivity contribution in [1.82, 2.24) is 4.90 Å². The lowest BCUT2D eigenvalue weighted by Gasteiger charge is -2.19. The van der Waals surface area contributed by atoms with Crippen molar-refractivity contribution in [1.29, 1.82) is 0 Å². The quantitative estimate of drug-likeness (QED) is 0.833. The van der Waals surface area contributed by atoms with E-state index in [4.69, 9.17) is 5.73 Å². The Morgan fingerprint density at radius 1 is 1.50 bits per heavy atom. The third-order valence-corrected chi connectivity index (χ3v) is 3.31. The van der Waals surface area contributed by atoms with Crippen LogP contribution in [0.1, 0.15) is 18.0 Å². The van der Waals surface area contributed by atoms with Gasteiger partial charge in [-0.3, -0.25) is 4.90 Å². The first-order valence-corrected chi connectivity index (χ1v) is 5.67. The molecule has 1 aliphatic rings. The van der Waals surface area contributed by atoms with Gasteiger partial charge in [0.2, 0.25) is 0 Å². The zero-order valence-electron chi connectivity index (χ0n) is 8.28. The molecule has 0 spiro atoms. The lowest BCUT2D eigenvalue weighted by molar-refractivity contribution is 0.316. The minimum absolute atomic E-state index is 0.323. The van der Waals surface area contributed by atoms with Crippen LogP contribution in [0.3, 0.4) is 0 Å². The van der Waals surface area contributed by atoms with Gasteiger partial charge >= 0.3 is 0 Å². The van der Waals surface area contributed by atoms with Crippen LogP contribution in [0.15, 0.2) is 28.7 Å². The molecular formula is C11H15BrN2. The van der Waals surface area contributed by atoms with Crippen LogP contribution in [0, 0.1) is 0 Å². The maximum atomic E-state index is 5.94. The average molecular weight is 255 g/mol. The molecule has 1 aliphatic heterocycles. The van der Waals surface area contributed by atoms with Crippen LogP contribution in [0.4, 0.5) is 0 Å². The SMILES string of the molecule is CN1CC(N)CC1c1cccc(Br)c1. The molecule has 1 aromatic carbocycles. The number of halogens is 1. The van der Waals surface area contributed by atoms with E-state index in [2.05, 4.69) is 52.1 Å². The average Bonchev–Trinajstić information content (AvgIpc) is 2.45. The van der Waals surface area contributed by atoms with Gasteiger partial charge in [-0.25, -0.2) is 0 Å². The molecule has 2 rings (SSSR count). The van der Waals surface area contributed by atoms with Gasteiger partial charge in [-0.05, 0) is 31.2 Å². The van der Waals surface area contributed by atoms with E-state index in [1.807, 2.05) is 0 Å². The number of hydrogen-bond acceptors (Lipinski definition) is 2. The van der Waals surface area contributed by atoms with Gasteiger partial charge in [0.1, 0.15) is 0 Å². The molecule has 2 nitrogen and oxygen atoms in total. The number of likely N-dealkylation sites (tertiary alicyclic amines) is 1. The summed E-state index contributed by atoms with van der Waals surface area (Å²) < 4.78 is 1.14. The standard InChI is InChI=1S/C11H15BrN2/c1-14-7-10(13)6-11(14)8-3-2-4-9(12)5-8/h2-5,10-11H,6-7,13H2,1H3. The third kappa shape index (κ3) is 2.00. The highest BCUT2D eigenvalue weighted by Gasteiger charge is 2.27. The van der Waals surface area contributed by atoms with Gasteiger partial charge in [-0.2, -0.15) is 0 Å². The fourth-order valence-corrected chi connectivity index (χ4v) is 2.56. The Labute approximate surface area is 93.2 Å². The molecule has 0 saturated carbocycles. The smallest absolute Gasteiger partial charge is 0.0361 e. The summed E-state index contributed by atoms with van der Waals surface area (Å²) in [5.41, 5.74) is 7.29. The number of nitrogens with zero attached hydrogens (tertiary/aromatic N) is 1. The predicted octanol–water partition coefficient (Wildman–Crippen LogP) is 2.15. The Bertz CT molecular complexity index is 327. The molecule has 0 bridgehead atoms. The van der Waals surface area contributed by atoms with E-state index < -0.39 is 0 Å². The fourth-order valence-electron chi connectivity index (χ4n) is 2.14. The van der Waals surface area contributed by atoms with Crippen LogP contribution < -0.4 is 5.73 Å². The summed E-state index contributed by atoms with van der Waals surface area (Å²) in [5.74, 6) is 0. The minimum atomic E-state index is 0.323. The zero-order chi connectivity index (χ0) is 10.1. The van der Waals surface area contributed by atoms with E-state index in [0.29, 0.717) is 12.1 Å². The maximum Gasteiger partial charge on any atom is 0.0361 e. The van der Waals surface area contributed by atoms with Gasteiger partial charge in [-0.1, -0.05) is 28.1 Å². The second kappa shape index (κ2) is 4.01. The maximum absolute atomic E-state index is 5.94. The van der Waals surface area contributed by atoms with Crippen molar-refractivity contribution < 1.29 is 0 Å². The van der Waals surface area contributed by atoms with Crippen LogP contribution >= 0.6 is 15.9 Å². The van der Waals surface area contributed by atoms with E-state index >= 15 is 0 Å². The summed E-state index contributed by atoms with van der Waals surface area (Å²) >= 11 is 3.49. The van der Waals surface area contributed by atoms with Gasteiger partial charge in [0, 0.05) is 23.1 Å². The van der Waals surface area contributed by atoms with E-state index in [0.717, 1.165) is 17.4 Å². The third-order valence-electron chi connectivity index (χ3n) is 2.81. The molecule has 14 heavy (non-hydrogen) atoms. The van der Waals surface area contributed by atoms with Crippen LogP contribution in [-0.4, -0.2) is 24.5 Å². The number of likely N-dealkylation sites (N-methyl/N-ethyl adjacent to an activating group) is 1. The zero-order valence-corrected chi connectivity index (χ0v) is 9.87. The van der Waals surface area contributed by atoms with Crippen LogP contribution in [0.5, 0.6) is 0 Å². The molecule has 76 valence electrons. The van der Waals surface area contributed by atoms with Gasteiger partial charge in [0.25, 0.3) is 0 Å². The molecule has 1 fully saturated rings.